The largest absolute Gasteiger partial charge is 0.376 e. The number of carbonyl (C=O) groups is 1. The summed E-state index contributed by atoms with van der Waals surface area (Å²) in [6, 6.07) is 0. The van der Waals surface area contributed by atoms with Crippen molar-refractivity contribution >= 4 is 5.91 Å². The first kappa shape index (κ1) is 14.8. The van der Waals surface area contributed by atoms with E-state index < -0.39 is 0 Å². The van der Waals surface area contributed by atoms with Gasteiger partial charge in [0.2, 0.25) is 5.91 Å². The van der Waals surface area contributed by atoms with Crippen LogP contribution in [0.5, 0.6) is 0 Å². The van der Waals surface area contributed by atoms with Crippen LogP contribution in [0.25, 0.3) is 0 Å². The molecular formula is C15H28N2O2. The lowest BCUT2D eigenvalue weighted by atomic mass is 10.0. The van der Waals surface area contributed by atoms with Gasteiger partial charge in [-0.25, -0.2) is 0 Å². The molecule has 0 bridgehead atoms. The van der Waals surface area contributed by atoms with Crippen LogP contribution in [0.1, 0.15) is 40.5 Å². The molecule has 0 spiro atoms. The average Bonchev–Trinajstić information content (AvgIpc) is 2.76. The molecule has 0 aromatic carbocycles. The van der Waals surface area contributed by atoms with E-state index >= 15 is 0 Å². The van der Waals surface area contributed by atoms with Gasteiger partial charge in [0, 0.05) is 12.5 Å². The van der Waals surface area contributed by atoms with Crippen LogP contribution in [-0.4, -0.2) is 38.3 Å². The lowest BCUT2D eigenvalue weighted by Gasteiger charge is -2.23. The predicted molar refractivity (Wildman–Crippen MR) is 75.9 cm³/mol. The Balaban J connectivity index is 1.62. The Bertz CT molecular complexity index is 319. The van der Waals surface area contributed by atoms with E-state index in [1.807, 2.05) is 0 Å². The molecule has 0 atom stereocenters. The third kappa shape index (κ3) is 2.95. The Morgan fingerprint density at radius 3 is 2.32 bits per heavy atom. The fourth-order valence-electron chi connectivity index (χ4n) is 3.32. The van der Waals surface area contributed by atoms with Gasteiger partial charge in [-0.15, -0.1) is 0 Å². The average molecular weight is 268 g/mol. The molecule has 1 aliphatic carbocycles. The van der Waals surface area contributed by atoms with E-state index in [4.69, 9.17) is 4.74 Å². The molecular weight excluding hydrogens is 240 g/mol. The smallest absolute Gasteiger partial charge is 0.224 e. The monoisotopic (exact) mass is 268 g/mol. The van der Waals surface area contributed by atoms with Gasteiger partial charge in [0.05, 0.1) is 12.7 Å². The first-order valence-electron chi connectivity index (χ1n) is 7.47. The Morgan fingerprint density at radius 2 is 1.79 bits per heavy atom. The molecule has 4 heteroatoms. The Labute approximate surface area is 116 Å². The van der Waals surface area contributed by atoms with Crippen molar-refractivity contribution < 1.29 is 9.53 Å². The molecule has 1 amide bonds. The van der Waals surface area contributed by atoms with Gasteiger partial charge < -0.3 is 15.4 Å². The van der Waals surface area contributed by atoms with Gasteiger partial charge in [0.25, 0.3) is 0 Å². The number of ether oxygens (including phenoxy) is 1. The van der Waals surface area contributed by atoms with E-state index in [2.05, 4.69) is 38.3 Å². The maximum absolute atomic E-state index is 12.1. The number of rotatable bonds is 5. The van der Waals surface area contributed by atoms with Crippen LogP contribution in [0, 0.1) is 16.7 Å². The summed E-state index contributed by atoms with van der Waals surface area (Å²) in [6.07, 6.45) is 2.53. The van der Waals surface area contributed by atoms with Crippen molar-refractivity contribution in [2.24, 2.45) is 16.7 Å². The summed E-state index contributed by atoms with van der Waals surface area (Å²) in [6.45, 7) is 12.0. The summed E-state index contributed by atoms with van der Waals surface area (Å²) in [5, 5.41) is 6.33. The van der Waals surface area contributed by atoms with Gasteiger partial charge in [0.15, 0.2) is 0 Å². The molecule has 0 aromatic heterocycles. The van der Waals surface area contributed by atoms with Crippen LogP contribution in [0.15, 0.2) is 0 Å². The van der Waals surface area contributed by atoms with Crippen LogP contribution in [0.3, 0.4) is 0 Å². The highest BCUT2D eigenvalue weighted by molar-refractivity contribution is 5.84. The van der Waals surface area contributed by atoms with Crippen molar-refractivity contribution in [2.45, 2.75) is 46.6 Å². The number of hydrogen-bond donors (Lipinski definition) is 2. The first-order valence-corrected chi connectivity index (χ1v) is 7.47. The molecule has 1 heterocycles. The summed E-state index contributed by atoms with van der Waals surface area (Å²) in [4.78, 5) is 12.1. The third-order valence-corrected chi connectivity index (χ3v) is 5.32. The highest BCUT2D eigenvalue weighted by atomic mass is 16.5. The maximum Gasteiger partial charge on any atom is 0.224 e. The fourth-order valence-corrected chi connectivity index (χ4v) is 3.32. The number of piperidine rings is 1. The molecule has 1 aliphatic heterocycles. The number of nitrogens with one attached hydrogen (secondary N) is 2. The van der Waals surface area contributed by atoms with Crippen LogP contribution in [0.4, 0.5) is 0 Å². The zero-order chi connectivity index (χ0) is 14.1. The Hall–Kier alpha value is -0.610. The second kappa shape index (κ2) is 5.41. The highest BCUT2D eigenvalue weighted by Crippen LogP contribution is 2.68. The minimum atomic E-state index is 0.118. The number of hydrogen-bond acceptors (Lipinski definition) is 3. The first-order chi connectivity index (χ1) is 8.87. The van der Waals surface area contributed by atoms with Crippen molar-refractivity contribution in [3.63, 3.8) is 0 Å². The molecule has 1 saturated carbocycles. The molecule has 2 aliphatic rings. The van der Waals surface area contributed by atoms with Crippen molar-refractivity contribution in [3.05, 3.63) is 0 Å². The van der Waals surface area contributed by atoms with Crippen molar-refractivity contribution in [2.75, 3.05) is 26.2 Å². The van der Waals surface area contributed by atoms with E-state index in [9.17, 15) is 4.79 Å². The van der Waals surface area contributed by atoms with Gasteiger partial charge in [-0.3, -0.25) is 4.79 Å². The number of amides is 1. The minimum absolute atomic E-state index is 0.118. The quantitative estimate of drug-likeness (QED) is 0.744. The fraction of sp³-hybridized carbons (Fsp3) is 0.933. The molecule has 0 radical (unpaired) electrons. The molecule has 4 nitrogen and oxygen atoms in total. The Kier molecular flexibility index (Phi) is 4.21. The molecule has 0 aromatic rings. The van der Waals surface area contributed by atoms with Gasteiger partial charge in [-0.05, 0) is 36.8 Å². The van der Waals surface area contributed by atoms with Crippen molar-refractivity contribution in [3.8, 4) is 0 Å². The SMILES string of the molecule is CC1(C)C(C(=O)NCCOC2CCNCC2)C1(C)C. The number of carbonyl (C=O) groups excluding carboxylic acids is 1. The third-order valence-electron chi connectivity index (χ3n) is 5.32. The second-order valence-electron chi connectivity index (χ2n) is 6.99. The van der Waals surface area contributed by atoms with E-state index in [-0.39, 0.29) is 22.7 Å². The highest BCUT2D eigenvalue weighted by Gasteiger charge is 2.68. The topological polar surface area (TPSA) is 50.4 Å². The van der Waals surface area contributed by atoms with E-state index in [1.165, 1.54) is 0 Å². The van der Waals surface area contributed by atoms with Crippen LogP contribution < -0.4 is 10.6 Å². The summed E-state index contributed by atoms with van der Waals surface area (Å²) in [5.41, 5.74) is 0.236. The van der Waals surface area contributed by atoms with Gasteiger partial charge in [-0.1, -0.05) is 27.7 Å². The van der Waals surface area contributed by atoms with Crippen molar-refractivity contribution in [1.29, 1.82) is 0 Å². The minimum Gasteiger partial charge on any atom is -0.376 e. The standard InChI is InChI=1S/C15H28N2O2/c1-14(2)12(15(14,3)4)13(18)17-9-10-19-11-5-7-16-8-6-11/h11-12,16H,5-10H2,1-4H3,(H,17,18). The summed E-state index contributed by atoms with van der Waals surface area (Å²) >= 11 is 0. The van der Waals surface area contributed by atoms with E-state index in [1.54, 1.807) is 0 Å². The molecule has 2 rings (SSSR count). The molecule has 0 unspecified atom stereocenters. The Morgan fingerprint density at radius 1 is 1.21 bits per heavy atom. The van der Waals surface area contributed by atoms with Gasteiger partial charge in [0.1, 0.15) is 0 Å². The maximum atomic E-state index is 12.1. The summed E-state index contributed by atoms with van der Waals surface area (Å²) in [7, 11) is 0. The van der Waals surface area contributed by atoms with Crippen molar-refractivity contribution in [1.82, 2.24) is 10.6 Å². The predicted octanol–water partition coefficient (Wildman–Crippen LogP) is 1.55. The van der Waals surface area contributed by atoms with Gasteiger partial charge in [-0.2, -0.15) is 0 Å². The molecule has 1 saturated heterocycles. The van der Waals surface area contributed by atoms with E-state index in [0.29, 0.717) is 19.3 Å². The van der Waals surface area contributed by atoms with Crippen LogP contribution >= 0.6 is 0 Å². The molecule has 110 valence electrons. The zero-order valence-corrected chi connectivity index (χ0v) is 12.7. The lowest BCUT2D eigenvalue weighted by Crippen LogP contribution is -2.35. The van der Waals surface area contributed by atoms with Gasteiger partial charge >= 0.3 is 0 Å². The lowest BCUT2D eigenvalue weighted by molar-refractivity contribution is -0.123. The summed E-state index contributed by atoms with van der Waals surface area (Å²) in [5.74, 6) is 0.322. The normalized spacial score (nSPS) is 26.1. The zero-order valence-electron chi connectivity index (χ0n) is 12.7. The molecule has 2 N–H and O–H groups in total. The van der Waals surface area contributed by atoms with Crippen LogP contribution in [-0.2, 0) is 9.53 Å². The van der Waals surface area contributed by atoms with Crippen LogP contribution in [0.2, 0.25) is 0 Å². The molecule has 19 heavy (non-hydrogen) atoms. The van der Waals surface area contributed by atoms with E-state index in [0.717, 1.165) is 25.9 Å². The summed E-state index contributed by atoms with van der Waals surface area (Å²) < 4.78 is 5.78. The molecule has 2 fully saturated rings. The second-order valence-corrected chi connectivity index (χ2v) is 6.99.